The van der Waals surface area contributed by atoms with E-state index in [1.54, 1.807) is 23.1 Å². The lowest BCUT2D eigenvalue weighted by Crippen LogP contribution is -2.40. The van der Waals surface area contributed by atoms with Crippen molar-refractivity contribution in [1.82, 2.24) is 14.5 Å². The summed E-state index contributed by atoms with van der Waals surface area (Å²) in [7, 11) is -3.60. The Kier molecular flexibility index (Phi) is 7.71. The molecule has 3 heterocycles. The van der Waals surface area contributed by atoms with Crippen LogP contribution in [0.15, 0.2) is 23.1 Å². The lowest BCUT2D eigenvalue weighted by molar-refractivity contribution is -0.133. The Bertz CT molecular complexity index is 975. The standard InChI is InChI=1S/C24H36N4O4S/c1-2-26-15-6-7-20(26)18-25-33(31,32)21-8-9-22-19(17-21)12-16-28(22)24(30)11-10-23(29)27-13-4-3-5-14-27/h8-9,17,20,25H,2-7,10-16,18H2,1H3/t20-/m0/s1. The number of carbonyl (C=O) groups is 2. The second kappa shape index (κ2) is 10.5. The zero-order valence-electron chi connectivity index (χ0n) is 19.6. The molecule has 2 amide bonds. The largest absolute Gasteiger partial charge is 0.343 e. The van der Waals surface area contributed by atoms with Crippen molar-refractivity contribution < 1.29 is 18.0 Å². The molecule has 4 rings (SSSR count). The molecule has 1 aromatic carbocycles. The average molecular weight is 477 g/mol. The minimum absolute atomic E-state index is 0.0545. The molecule has 33 heavy (non-hydrogen) atoms. The van der Waals surface area contributed by atoms with Crippen molar-refractivity contribution in [2.24, 2.45) is 0 Å². The Balaban J connectivity index is 1.35. The van der Waals surface area contributed by atoms with Crippen LogP contribution in [0.4, 0.5) is 5.69 Å². The third kappa shape index (κ3) is 5.58. The van der Waals surface area contributed by atoms with E-state index in [0.29, 0.717) is 19.5 Å². The molecule has 2 saturated heterocycles. The van der Waals surface area contributed by atoms with Gasteiger partial charge in [-0.05, 0) is 75.4 Å². The lowest BCUT2D eigenvalue weighted by Gasteiger charge is -2.27. The highest BCUT2D eigenvalue weighted by Gasteiger charge is 2.29. The van der Waals surface area contributed by atoms with Crippen LogP contribution in [0.3, 0.4) is 0 Å². The zero-order chi connectivity index (χ0) is 23.4. The molecular weight excluding hydrogens is 440 g/mol. The number of benzene rings is 1. The van der Waals surface area contributed by atoms with E-state index >= 15 is 0 Å². The van der Waals surface area contributed by atoms with Crippen molar-refractivity contribution >= 4 is 27.5 Å². The fraction of sp³-hybridized carbons (Fsp3) is 0.667. The van der Waals surface area contributed by atoms with E-state index in [1.807, 2.05) is 4.90 Å². The van der Waals surface area contributed by atoms with Gasteiger partial charge in [-0.15, -0.1) is 0 Å². The van der Waals surface area contributed by atoms with Gasteiger partial charge in [-0.2, -0.15) is 0 Å². The monoisotopic (exact) mass is 476 g/mol. The van der Waals surface area contributed by atoms with Crippen LogP contribution in [-0.4, -0.2) is 75.3 Å². The van der Waals surface area contributed by atoms with Crippen LogP contribution < -0.4 is 9.62 Å². The Morgan fingerprint density at radius 2 is 1.76 bits per heavy atom. The number of piperidine rings is 1. The summed E-state index contributed by atoms with van der Waals surface area (Å²) in [5.74, 6) is -0.0207. The van der Waals surface area contributed by atoms with Crippen LogP contribution in [0.1, 0.15) is 57.4 Å². The van der Waals surface area contributed by atoms with Crippen molar-refractivity contribution in [2.45, 2.75) is 69.2 Å². The predicted octanol–water partition coefficient (Wildman–Crippen LogP) is 2.13. The van der Waals surface area contributed by atoms with Gasteiger partial charge >= 0.3 is 0 Å². The van der Waals surface area contributed by atoms with Gasteiger partial charge in [0.15, 0.2) is 0 Å². The molecule has 0 radical (unpaired) electrons. The van der Waals surface area contributed by atoms with E-state index in [4.69, 9.17) is 0 Å². The van der Waals surface area contributed by atoms with E-state index in [2.05, 4.69) is 16.5 Å². The van der Waals surface area contributed by atoms with Crippen LogP contribution in [0.2, 0.25) is 0 Å². The number of nitrogens with one attached hydrogen (secondary N) is 1. The van der Waals surface area contributed by atoms with E-state index in [0.717, 1.165) is 69.5 Å². The highest BCUT2D eigenvalue weighted by molar-refractivity contribution is 7.89. The fourth-order valence-corrected chi connectivity index (χ4v) is 6.41. The number of amides is 2. The quantitative estimate of drug-likeness (QED) is 0.621. The number of likely N-dealkylation sites (N-methyl/N-ethyl adjacent to an activating group) is 1. The summed E-state index contributed by atoms with van der Waals surface area (Å²) in [6.45, 7) is 6.58. The molecule has 0 aliphatic carbocycles. The summed E-state index contributed by atoms with van der Waals surface area (Å²) in [4.78, 5) is 31.3. The number of nitrogens with zero attached hydrogens (tertiary/aromatic N) is 3. The Hall–Kier alpha value is -1.97. The molecule has 3 aliphatic rings. The Morgan fingerprint density at radius 3 is 2.52 bits per heavy atom. The van der Waals surface area contributed by atoms with E-state index < -0.39 is 10.0 Å². The number of hydrogen-bond donors (Lipinski definition) is 1. The van der Waals surface area contributed by atoms with Gasteiger partial charge in [-0.25, -0.2) is 13.1 Å². The van der Waals surface area contributed by atoms with Crippen LogP contribution in [0, 0.1) is 0 Å². The van der Waals surface area contributed by atoms with Gasteiger partial charge in [0.25, 0.3) is 0 Å². The summed E-state index contributed by atoms with van der Waals surface area (Å²) < 4.78 is 28.5. The first kappa shape index (κ1) is 24.2. The zero-order valence-corrected chi connectivity index (χ0v) is 20.4. The molecule has 1 N–H and O–H groups in total. The first-order valence-electron chi connectivity index (χ1n) is 12.3. The second-order valence-corrected chi connectivity index (χ2v) is 11.1. The van der Waals surface area contributed by atoms with Crippen LogP contribution in [0.5, 0.6) is 0 Å². The number of likely N-dealkylation sites (tertiary alicyclic amines) is 2. The number of anilines is 1. The average Bonchev–Trinajstić information content (AvgIpc) is 3.47. The molecule has 0 saturated carbocycles. The van der Waals surface area contributed by atoms with Gasteiger partial charge in [0.1, 0.15) is 0 Å². The number of sulfonamides is 1. The molecule has 1 aromatic rings. The minimum atomic E-state index is -3.60. The normalized spacial score (nSPS) is 21.4. The molecule has 182 valence electrons. The smallest absolute Gasteiger partial charge is 0.240 e. The number of rotatable bonds is 8. The number of carbonyl (C=O) groups excluding carboxylic acids is 2. The SMILES string of the molecule is CCN1CCC[C@H]1CNS(=O)(=O)c1ccc2c(c1)CCN2C(=O)CCC(=O)N1CCCCC1. The Labute approximate surface area is 197 Å². The maximum Gasteiger partial charge on any atom is 0.240 e. The molecule has 0 unspecified atom stereocenters. The minimum Gasteiger partial charge on any atom is -0.343 e. The molecule has 3 aliphatic heterocycles. The van der Waals surface area contributed by atoms with Crippen molar-refractivity contribution in [1.29, 1.82) is 0 Å². The summed E-state index contributed by atoms with van der Waals surface area (Å²) in [6, 6.07) is 5.25. The van der Waals surface area contributed by atoms with Gasteiger partial charge in [-0.3, -0.25) is 14.5 Å². The highest BCUT2D eigenvalue weighted by Crippen LogP contribution is 2.31. The fourth-order valence-electron chi connectivity index (χ4n) is 5.29. The van der Waals surface area contributed by atoms with Crippen LogP contribution >= 0.6 is 0 Å². The van der Waals surface area contributed by atoms with Crippen molar-refractivity contribution in [3.8, 4) is 0 Å². The van der Waals surface area contributed by atoms with Crippen molar-refractivity contribution in [2.75, 3.05) is 44.2 Å². The first-order valence-corrected chi connectivity index (χ1v) is 13.8. The van der Waals surface area contributed by atoms with Crippen LogP contribution in [-0.2, 0) is 26.0 Å². The third-order valence-corrected chi connectivity index (χ3v) is 8.65. The molecule has 1 atom stereocenters. The van der Waals surface area contributed by atoms with E-state index in [-0.39, 0.29) is 35.6 Å². The molecule has 0 spiro atoms. The van der Waals surface area contributed by atoms with Gasteiger partial charge in [-0.1, -0.05) is 6.92 Å². The van der Waals surface area contributed by atoms with Gasteiger partial charge in [0.05, 0.1) is 4.90 Å². The second-order valence-electron chi connectivity index (χ2n) is 9.30. The lowest BCUT2D eigenvalue weighted by atomic mass is 10.1. The Morgan fingerprint density at radius 1 is 1.00 bits per heavy atom. The van der Waals surface area contributed by atoms with Crippen molar-refractivity contribution in [3.63, 3.8) is 0 Å². The summed E-state index contributed by atoms with van der Waals surface area (Å²) in [5, 5.41) is 0. The van der Waals surface area contributed by atoms with E-state index in [1.165, 1.54) is 0 Å². The predicted molar refractivity (Wildman–Crippen MR) is 128 cm³/mol. The number of fused-ring (bicyclic) bond motifs is 1. The topological polar surface area (TPSA) is 90.0 Å². The summed E-state index contributed by atoms with van der Waals surface area (Å²) in [6.07, 6.45) is 6.40. The van der Waals surface area contributed by atoms with Gasteiger partial charge in [0.2, 0.25) is 21.8 Å². The molecule has 2 fully saturated rings. The summed E-state index contributed by atoms with van der Waals surface area (Å²) >= 11 is 0. The van der Waals surface area contributed by atoms with Crippen molar-refractivity contribution in [3.05, 3.63) is 23.8 Å². The van der Waals surface area contributed by atoms with Gasteiger partial charge < -0.3 is 9.80 Å². The molecule has 9 heteroatoms. The maximum atomic E-state index is 12.9. The third-order valence-electron chi connectivity index (χ3n) is 7.23. The van der Waals surface area contributed by atoms with E-state index in [9.17, 15) is 18.0 Å². The highest BCUT2D eigenvalue weighted by atomic mass is 32.2. The first-order chi connectivity index (χ1) is 15.9. The molecule has 8 nitrogen and oxygen atoms in total. The van der Waals surface area contributed by atoms with Crippen LogP contribution in [0.25, 0.3) is 0 Å². The van der Waals surface area contributed by atoms with Gasteiger partial charge in [0, 0.05) is 50.7 Å². The molecule has 0 bridgehead atoms. The number of hydrogen-bond acceptors (Lipinski definition) is 5. The summed E-state index contributed by atoms with van der Waals surface area (Å²) in [5.41, 5.74) is 1.63. The maximum absolute atomic E-state index is 12.9. The molecule has 0 aromatic heterocycles. The molecular formula is C24H36N4O4S.